The van der Waals surface area contributed by atoms with Crippen molar-refractivity contribution in [1.82, 2.24) is 19.8 Å². The normalized spacial score (nSPS) is 29.1. The Hall–Kier alpha value is -1.69. The van der Waals surface area contributed by atoms with E-state index in [1.54, 1.807) is 0 Å². The van der Waals surface area contributed by atoms with E-state index in [-0.39, 0.29) is 18.1 Å². The maximum absolute atomic E-state index is 9.65. The van der Waals surface area contributed by atoms with Crippen LogP contribution in [0.3, 0.4) is 0 Å². The first-order valence-corrected chi connectivity index (χ1v) is 7.79. The second-order valence-electron chi connectivity index (χ2n) is 6.72. The topological polar surface area (TPSA) is 75.3 Å². The second kappa shape index (κ2) is 4.66. The maximum atomic E-state index is 9.65. The van der Waals surface area contributed by atoms with Gasteiger partial charge in [0.25, 0.3) is 0 Å². The molecule has 2 N–H and O–H groups in total. The zero-order chi connectivity index (χ0) is 14.4. The van der Waals surface area contributed by atoms with Crippen LogP contribution < -0.4 is 5.32 Å². The molecular formula is C15H21N5O. The van der Waals surface area contributed by atoms with Crippen LogP contribution in [-0.4, -0.2) is 37.6 Å². The number of hydrogen-bond acceptors (Lipinski definition) is 5. The predicted octanol–water partition coefficient (Wildman–Crippen LogP) is 1.96. The maximum Gasteiger partial charge on any atom is 0.178 e. The van der Waals surface area contributed by atoms with Crippen molar-refractivity contribution in [1.29, 1.82) is 0 Å². The summed E-state index contributed by atoms with van der Waals surface area (Å²) in [5.74, 6) is 2.35. The van der Waals surface area contributed by atoms with Gasteiger partial charge in [0.1, 0.15) is 5.82 Å². The third-order valence-corrected chi connectivity index (χ3v) is 4.99. The smallest absolute Gasteiger partial charge is 0.178 e. The quantitative estimate of drug-likeness (QED) is 0.899. The van der Waals surface area contributed by atoms with Crippen LogP contribution in [0, 0.1) is 5.41 Å². The van der Waals surface area contributed by atoms with Crippen molar-refractivity contribution < 1.29 is 5.11 Å². The van der Waals surface area contributed by atoms with E-state index in [0.717, 1.165) is 36.6 Å². The van der Waals surface area contributed by atoms with Crippen LogP contribution in [0.2, 0.25) is 0 Å². The SMILES string of the molecule is C[C@]1(CO)CCC[C@H]1Nc1ccc2nnc(C3CC3)n2n1. The molecule has 112 valence electrons. The first kappa shape index (κ1) is 13.0. The number of anilines is 1. The van der Waals surface area contributed by atoms with Gasteiger partial charge in [0.15, 0.2) is 11.5 Å². The van der Waals surface area contributed by atoms with E-state index in [4.69, 9.17) is 0 Å². The third-order valence-electron chi connectivity index (χ3n) is 4.99. The highest BCUT2D eigenvalue weighted by Crippen LogP contribution is 2.40. The Labute approximate surface area is 123 Å². The molecule has 0 spiro atoms. The fourth-order valence-corrected chi connectivity index (χ4v) is 3.33. The molecule has 2 fully saturated rings. The van der Waals surface area contributed by atoms with Gasteiger partial charge in [-0.05, 0) is 37.8 Å². The molecule has 0 amide bonds. The van der Waals surface area contributed by atoms with Crippen LogP contribution in [0.15, 0.2) is 12.1 Å². The average Bonchev–Trinajstić information content (AvgIpc) is 3.15. The highest BCUT2D eigenvalue weighted by molar-refractivity contribution is 5.45. The minimum Gasteiger partial charge on any atom is -0.396 e. The Balaban J connectivity index is 1.63. The third kappa shape index (κ3) is 2.18. The van der Waals surface area contributed by atoms with Gasteiger partial charge in [0.2, 0.25) is 0 Å². The molecule has 2 aliphatic carbocycles. The zero-order valence-corrected chi connectivity index (χ0v) is 12.3. The van der Waals surface area contributed by atoms with Crippen molar-refractivity contribution in [3.63, 3.8) is 0 Å². The lowest BCUT2D eigenvalue weighted by Crippen LogP contribution is -2.36. The molecule has 2 aromatic heterocycles. The molecule has 6 heteroatoms. The van der Waals surface area contributed by atoms with Crippen molar-refractivity contribution in [2.45, 2.75) is 51.0 Å². The van der Waals surface area contributed by atoms with Crippen LogP contribution in [0.25, 0.3) is 5.65 Å². The van der Waals surface area contributed by atoms with Gasteiger partial charge in [-0.15, -0.1) is 15.3 Å². The largest absolute Gasteiger partial charge is 0.396 e. The van der Waals surface area contributed by atoms with Gasteiger partial charge in [0, 0.05) is 17.4 Å². The van der Waals surface area contributed by atoms with Crippen LogP contribution in [-0.2, 0) is 0 Å². The van der Waals surface area contributed by atoms with Gasteiger partial charge in [-0.25, -0.2) is 0 Å². The highest BCUT2D eigenvalue weighted by atomic mass is 16.3. The summed E-state index contributed by atoms with van der Waals surface area (Å²) >= 11 is 0. The molecular weight excluding hydrogens is 266 g/mol. The summed E-state index contributed by atoms with van der Waals surface area (Å²) in [5.41, 5.74) is 0.752. The van der Waals surface area contributed by atoms with Crippen LogP contribution in [0.5, 0.6) is 0 Å². The minimum atomic E-state index is -0.0524. The van der Waals surface area contributed by atoms with Gasteiger partial charge >= 0.3 is 0 Å². The van der Waals surface area contributed by atoms with Gasteiger partial charge in [-0.2, -0.15) is 4.52 Å². The highest BCUT2D eigenvalue weighted by Gasteiger charge is 2.38. The molecule has 2 aliphatic rings. The van der Waals surface area contributed by atoms with E-state index in [0.29, 0.717) is 5.92 Å². The van der Waals surface area contributed by atoms with E-state index in [2.05, 4.69) is 27.5 Å². The van der Waals surface area contributed by atoms with Crippen molar-refractivity contribution in [2.24, 2.45) is 5.41 Å². The monoisotopic (exact) mass is 287 g/mol. The molecule has 2 atom stereocenters. The summed E-state index contributed by atoms with van der Waals surface area (Å²) in [5, 5.41) is 26.3. The number of hydrogen-bond donors (Lipinski definition) is 2. The Kier molecular flexibility index (Phi) is 2.89. The Morgan fingerprint density at radius 2 is 2.19 bits per heavy atom. The molecule has 4 rings (SSSR count). The lowest BCUT2D eigenvalue weighted by molar-refractivity contribution is 0.139. The summed E-state index contributed by atoms with van der Waals surface area (Å²) in [6.07, 6.45) is 5.66. The lowest BCUT2D eigenvalue weighted by atomic mass is 9.86. The number of aliphatic hydroxyl groups is 1. The van der Waals surface area contributed by atoms with Gasteiger partial charge in [-0.3, -0.25) is 0 Å². The molecule has 0 aliphatic heterocycles. The van der Waals surface area contributed by atoms with Gasteiger partial charge < -0.3 is 10.4 Å². The van der Waals surface area contributed by atoms with E-state index < -0.39 is 0 Å². The molecule has 0 bridgehead atoms. The van der Waals surface area contributed by atoms with Crippen LogP contribution in [0.1, 0.15) is 50.8 Å². The van der Waals surface area contributed by atoms with E-state index >= 15 is 0 Å². The van der Waals surface area contributed by atoms with Crippen molar-refractivity contribution in [2.75, 3.05) is 11.9 Å². The molecule has 2 heterocycles. The van der Waals surface area contributed by atoms with E-state index in [1.165, 1.54) is 12.8 Å². The van der Waals surface area contributed by atoms with Gasteiger partial charge in [-0.1, -0.05) is 13.3 Å². The van der Waals surface area contributed by atoms with Crippen LogP contribution >= 0.6 is 0 Å². The van der Waals surface area contributed by atoms with Crippen molar-refractivity contribution in [3.8, 4) is 0 Å². The zero-order valence-electron chi connectivity index (χ0n) is 12.3. The first-order chi connectivity index (χ1) is 10.2. The fourth-order valence-electron chi connectivity index (χ4n) is 3.33. The van der Waals surface area contributed by atoms with Crippen molar-refractivity contribution >= 4 is 11.5 Å². The number of nitrogens with one attached hydrogen (secondary N) is 1. The Bertz CT molecular complexity index is 665. The Morgan fingerprint density at radius 1 is 1.33 bits per heavy atom. The van der Waals surface area contributed by atoms with Crippen LogP contribution in [0.4, 0.5) is 5.82 Å². The standard InChI is InChI=1S/C15H21N5O/c1-15(9-21)8-2-3-11(15)16-12-6-7-13-17-18-14(10-4-5-10)20(13)19-12/h6-7,10-11,21H,2-5,8-9H2,1H3,(H,16,19)/t11-,15-/m1/s1. The Morgan fingerprint density at radius 3 is 2.95 bits per heavy atom. The van der Waals surface area contributed by atoms with E-state index in [1.807, 2.05) is 16.6 Å². The molecule has 21 heavy (non-hydrogen) atoms. The molecule has 6 nitrogen and oxygen atoms in total. The molecule has 0 aromatic carbocycles. The number of nitrogens with zero attached hydrogens (tertiary/aromatic N) is 4. The number of rotatable bonds is 4. The number of aliphatic hydroxyl groups excluding tert-OH is 1. The molecule has 0 radical (unpaired) electrons. The summed E-state index contributed by atoms with van der Waals surface area (Å²) in [4.78, 5) is 0. The first-order valence-electron chi connectivity index (χ1n) is 7.79. The molecule has 0 unspecified atom stereocenters. The molecule has 2 saturated carbocycles. The predicted molar refractivity (Wildman–Crippen MR) is 79.2 cm³/mol. The average molecular weight is 287 g/mol. The molecule has 2 aromatic rings. The number of fused-ring (bicyclic) bond motifs is 1. The summed E-state index contributed by atoms with van der Waals surface area (Å²) < 4.78 is 1.87. The molecule has 0 saturated heterocycles. The summed E-state index contributed by atoms with van der Waals surface area (Å²) in [7, 11) is 0. The van der Waals surface area contributed by atoms with Crippen molar-refractivity contribution in [3.05, 3.63) is 18.0 Å². The fraction of sp³-hybridized carbons (Fsp3) is 0.667. The summed E-state index contributed by atoms with van der Waals surface area (Å²) in [6.45, 7) is 2.36. The van der Waals surface area contributed by atoms with E-state index in [9.17, 15) is 5.11 Å². The van der Waals surface area contributed by atoms with Gasteiger partial charge in [0.05, 0.1) is 6.61 Å². The second-order valence-corrected chi connectivity index (χ2v) is 6.72. The lowest BCUT2D eigenvalue weighted by Gasteiger charge is -2.30. The minimum absolute atomic E-state index is 0.0524. The summed E-state index contributed by atoms with van der Waals surface area (Å²) in [6, 6.07) is 4.18. The number of aromatic nitrogens is 4.